The highest BCUT2D eigenvalue weighted by atomic mass is 35.5. The number of aromatic hydroxyl groups is 1. The van der Waals surface area contributed by atoms with Crippen LogP contribution >= 0.6 is 11.6 Å². The molecule has 0 aliphatic heterocycles. The molecule has 0 aliphatic rings. The summed E-state index contributed by atoms with van der Waals surface area (Å²) in [7, 11) is 2.89. The first-order valence-electron chi connectivity index (χ1n) is 8.24. The maximum atomic E-state index is 12.3. The van der Waals surface area contributed by atoms with E-state index in [2.05, 4.69) is 5.32 Å². The zero-order chi connectivity index (χ0) is 20.7. The normalized spacial score (nSPS) is 11.7. The van der Waals surface area contributed by atoms with Crippen LogP contribution in [0.1, 0.15) is 12.5 Å². The standard InChI is InChI=1S/C20H20ClNO6/c1-12(20(25)22-15-11-14(21)6-8-17(15)26-2)28-19(24)9-5-13-4-7-16(23)18(10-13)27-3/h4-12,23H,1-3H3,(H,22,25)/b9-5+/t12-/m1/s1. The smallest absolute Gasteiger partial charge is 0.331 e. The molecule has 0 radical (unpaired) electrons. The Morgan fingerprint density at radius 2 is 1.82 bits per heavy atom. The molecule has 0 spiro atoms. The van der Waals surface area contributed by atoms with Gasteiger partial charge in [-0.3, -0.25) is 4.79 Å². The first kappa shape index (κ1) is 21.1. The summed E-state index contributed by atoms with van der Waals surface area (Å²) in [5, 5.41) is 12.6. The summed E-state index contributed by atoms with van der Waals surface area (Å²) in [6.07, 6.45) is 1.61. The van der Waals surface area contributed by atoms with Gasteiger partial charge >= 0.3 is 5.97 Å². The molecule has 0 aliphatic carbocycles. The number of phenols is 1. The van der Waals surface area contributed by atoms with Gasteiger partial charge in [-0.15, -0.1) is 0 Å². The summed E-state index contributed by atoms with van der Waals surface area (Å²) >= 11 is 5.93. The van der Waals surface area contributed by atoms with Crippen LogP contribution in [0.5, 0.6) is 17.2 Å². The van der Waals surface area contributed by atoms with Crippen LogP contribution in [0.3, 0.4) is 0 Å². The SMILES string of the molecule is COc1cc(/C=C/C(=O)O[C@H](C)C(=O)Nc2cc(Cl)ccc2OC)ccc1O. The first-order chi connectivity index (χ1) is 13.3. The zero-order valence-electron chi connectivity index (χ0n) is 15.6. The van der Waals surface area contributed by atoms with E-state index in [9.17, 15) is 14.7 Å². The predicted octanol–water partition coefficient (Wildman–Crippen LogP) is 3.65. The van der Waals surface area contributed by atoms with E-state index in [4.69, 9.17) is 25.8 Å². The molecule has 2 rings (SSSR count). The molecule has 148 valence electrons. The number of halogens is 1. The number of ether oxygens (including phenoxy) is 3. The second-order valence-electron chi connectivity index (χ2n) is 5.68. The van der Waals surface area contributed by atoms with Gasteiger partial charge < -0.3 is 24.6 Å². The number of anilines is 1. The van der Waals surface area contributed by atoms with Crippen molar-refractivity contribution in [3.05, 3.63) is 53.1 Å². The number of nitrogens with one attached hydrogen (secondary N) is 1. The molecule has 2 aromatic rings. The van der Waals surface area contributed by atoms with Crippen LogP contribution in [0.4, 0.5) is 5.69 Å². The van der Waals surface area contributed by atoms with Gasteiger partial charge in [-0.25, -0.2) is 4.79 Å². The summed E-state index contributed by atoms with van der Waals surface area (Å²) in [6, 6.07) is 9.37. The van der Waals surface area contributed by atoms with E-state index in [1.807, 2.05) is 0 Å². The highest BCUT2D eigenvalue weighted by molar-refractivity contribution is 6.31. The van der Waals surface area contributed by atoms with E-state index >= 15 is 0 Å². The van der Waals surface area contributed by atoms with Gasteiger partial charge in [0.1, 0.15) is 5.75 Å². The summed E-state index contributed by atoms with van der Waals surface area (Å²) in [5.74, 6) is -0.540. The number of hydrogen-bond acceptors (Lipinski definition) is 6. The van der Waals surface area contributed by atoms with Crippen LogP contribution in [0.15, 0.2) is 42.5 Å². The van der Waals surface area contributed by atoms with Crippen molar-refractivity contribution < 1.29 is 28.9 Å². The van der Waals surface area contributed by atoms with Crippen LogP contribution in [0.2, 0.25) is 5.02 Å². The van der Waals surface area contributed by atoms with Crippen molar-refractivity contribution in [2.45, 2.75) is 13.0 Å². The number of methoxy groups -OCH3 is 2. The fourth-order valence-electron chi connectivity index (χ4n) is 2.24. The topological polar surface area (TPSA) is 94.1 Å². The van der Waals surface area contributed by atoms with Crippen molar-refractivity contribution in [2.24, 2.45) is 0 Å². The molecule has 0 aromatic heterocycles. The molecule has 0 unspecified atom stereocenters. The van der Waals surface area contributed by atoms with E-state index in [0.29, 0.717) is 22.0 Å². The molecular formula is C20H20ClNO6. The van der Waals surface area contributed by atoms with Crippen molar-refractivity contribution in [1.29, 1.82) is 0 Å². The molecule has 0 saturated heterocycles. The zero-order valence-corrected chi connectivity index (χ0v) is 16.3. The van der Waals surface area contributed by atoms with E-state index in [-0.39, 0.29) is 11.5 Å². The van der Waals surface area contributed by atoms with Gasteiger partial charge in [0.2, 0.25) is 0 Å². The van der Waals surface area contributed by atoms with Crippen molar-refractivity contribution in [2.75, 3.05) is 19.5 Å². The van der Waals surface area contributed by atoms with Gasteiger partial charge in [-0.1, -0.05) is 17.7 Å². The molecular weight excluding hydrogens is 386 g/mol. The lowest BCUT2D eigenvalue weighted by molar-refractivity contribution is -0.148. The third kappa shape index (κ3) is 5.65. The number of carbonyl (C=O) groups excluding carboxylic acids is 2. The number of esters is 1. The highest BCUT2D eigenvalue weighted by Gasteiger charge is 2.18. The molecule has 28 heavy (non-hydrogen) atoms. The lowest BCUT2D eigenvalue weighted by Gasteiger charge is -2.14. The minimum atomic E-state index is -1.05. The first-order valence-corrected chi connectivity index (χ1v) is 8.62. The summed E-state index contributed by atoms with van der Waals surface area (Å²) in [4.78, 5) is 24.2. The van der Waals surface area contributed by atoms with Crippen LogP contribution < -0.4 is 14.8 Å². The second-order valence-corrected chi connectivity index (χ2v) is 6.11. The molecule has 0 heterocycles. The summed E-state index contributed by atoms with van der Waals surface area (Å²) in [6.45, 7) is 1.45. The second kappa shape index (κ2) is 9.66. The molecule has 8 heteroatoms. The van der Waals surface area contributed by atoms with Gasteiger partial charge in [-0.05, 0) is 48.9 Å². The van der Waals surface area contributed by atoms with E-state index in [1.165, 1.54) is 45.4 Å². The maximum absolute atomic E-state index is 12.3. The lowest BCUT2D eigenvalue weighted by Crippen LogP contribution is -2.29. The Hall–Kier alpha value is -3.19. The van der Waals surface area contributed by atoms with Crippen LogP contribution in [0, 0.1) is 0 Å². The van der Waals surface area contributed by atoms with E-state index < -0.39 is 18.0 Å². The summed E-state index contributed by atoms with van der Waals surface area (Å²) in [5.41, 5.74) is 0.988. The van der Waals surface area contributed by atoms with Crippen LogP contribution in [-0.4, -0.2) is 37.3 Å². The number of amides is 1. The monoisotopic (exact) mass is 405 g/mol. The van der Waals surface area contributed by atoms with Gasteiger partial charge in [0.25, 0.3) is 5.91 Å². The third-order valence-electron chi connectivity index (χ3n) is 3.70. The predicted molar refractivity (Wildman–Crippen MR) is 106 cm³/mol. The van der Waals surface area contributed by atoms with Crippen LogP contribution in [-0.2, 0) is 14.3 Å². The lowest BCUT2D eigenvalue weighted by atomic mass is 10.2. The molecule has 2 N–H and O–H groups in total. The van der Waals surface area contributed by atoms with E-state index in [0.717, 1.165) is 0 Å². The van der Waals surface area contributed by atoms with Gasteiger partial charge in [0.05, 0.1) is 19.9 Å². The number of rotatable bonds is 7. The van der Waals surface area contributed by atoms with Gasteiger partial charge in [0.15, 0.2) is 17.6 Å². The average molecular weight is 406 g/mol. The van der Waals surface area contributed by atoms with Crippen molar-refractivity contribution in [3.63, 3.8) is 0 Å². The Balaban J connectivity index is 1.98. The molecule has 1 atom stereocenters. The molecule has 0 bridgehead atoms. The molecule has 0 fully saturated rings. The molecule has 7 nitrogen and oxygen atoms in total. The molecule has 1 amide bonds. The Morgan fingerprint density at radius 3 is 2.50 bits per heavy atom. The van der Waals surface area contributed by atoms with Crippen LogP contribution in [0.25, 0.3) is 6.08 Å². The maximum Gasteiger partial charge on any atom is 0.331 e. The Morgan fingerprint density at radius 1 is 1.11 bits per heavy atom. The summed E-state index contributed by atoms with van der Waals surface area (Å²) < 4.78 is 15.3. The number of phenolic OH excluding ortho intramolecular Hbond substituents is 1. The van der Waals surface area contributed by atoms with Crippen molar-refractivity contribution in [1.82, 2.24) is 0 Å². The Bertz CT molecular complexity index is 896. The molecule has 2 aromatic carbocycles. The quantitative estimate of drug-likeness (QED) is 0.539. The fraction of sp³-hybridized carbons (Fsp3) is 0.200. The number of benzene rings is 2. The van der Waals surface area contributed by atoms with Crippen molar-refractivity contribution in [3.8, 4) is 17.2 Å². The molecule has 0 saturated carbocycles. The largest absolute Gasteiger partial charge is 0.504 e. The van der Waals surface area contributed by atoms with Gasteiger partial charge in [0, 0.05) is 11.1 Å². The minimum absolute atomic E-state index is 0.0102. The van der Waals surface area contributed by atoms with Gasteiger partial charge in [-0.2, -0.15) is 0 Å². The fourth-order valence-corrected chi connectivity index (χ4v) is 2.41. The number of carbonyl (C=O) groups is 2. The van der Waals surface area contributed by atoms with Crippen molar-refractivity contribution >= 4 is 35.2 Å². The number of hydrogen-bond donors (Lipinski definition) is 2. The third-order valence-corrected chi connectivity index (χ3v) is 3.93. The average Bonchev–Trinajstić information content (AvgIpc) is 2.67. The highest BCUT2D eigenvalue weighted by Crippen LogP contribution is 2.28. The Kier molecular flexibility index (Phi) is 7.28. The van der Waals surface area contributed by atoms with E-state index in [1.54, 1.807) is 24.3 Å². The Labute approximate surface area is 167 Å². The minimum Gasteiger partial charge on any atom is -0.504 e.